The number of aromatic amines is 1. The third-order valence-corrected chi connectivity index (χ3v) is 4.76. The molecule has 0 aliphatic carbocycles. The van der Waals surface area contributed by atoms with Gasteiger partial charge in [-0.1, -0.05) is 18.2 Å². The van der Waals surface area contributed by atoms with Gasteiger partial charge < -0.3 is 15.2 Å². The molecule has 0 radical (unpaired) electrons. The summed E-state index contributed by atoms with van der Waals surface area (Å²) in [5.74, 6) is -2.34. The summed E-state index contributed by atoms with van der Waals surface area (Å²) in [4.78, 5) is 27.4. The zero-order valence-corrected chi connectivity index (χ0v) is 14.1. The molecule has 1 aliphatic heterocycles. The predicted molar refractivity (Wildman–Crippen MR) is 90.4 cm³/mol. The molecule has 0 bridgehead atoms. The standard InChI is InChI=1S/C18H20F3N3O2/c19-18(20,21)17(26)24-9-6-12(7-10-24)16(25)22-8-5-13-11-23-15-4-2-1-3-14(13)15/h1-4,11-12,23H,5-10H2,(H,22,25). The van der Waals surface area contributed by atoms with Gasteiger partial charge in [0.25, 0.3) is 0 Å². The Balaban J connectivity index is 1.45. The van der Waals surface area contributed by atoms with Crippen molar-refractivity contribution >= 4 is 22.7 Å². The normalized spacial score (nSPS) is 16.0. The van der Waals surface area contributed by atoms with Crippen LogP contribution in [0.1, 0.15) is 18.4 Å². The van der Waals surface area contributed by atoms with Crippen LogP contribution in [0.5, 0.6) is 0 Å². The van der Waals surface area contributed by atoms with E-state index in [-0.39, 0.29) is 37.8 Å². The molecule has 2 heterocycles. The number of likely N-dealkylation sites (tertiary alicyclic amines) is 1. The summed E-state index contributed by atoms with van der Waals surface area (Å²) >= 11 is 0. The highest BCUT2D eigenvalue weighted by Crippen LogP contribution is 2.24. The zero-order valence-electron chi connectivity index (χ0n) is 14.1. The number of nitrogens with one attached hydrogen (secondary N) is 2. The fraction of sp³-hybridized carbons (Fsp3) is 0.444. The second-order valence-electron chi connectivity index (χ2n) is 6.46. The summed E-state index contributed by atoms with van der Waals surface area (Å²) in [6.45, 7) is 0.375. The number of amides is 2. The monoisotopic (exact) mass is 367 g/mol. The van der Waals surface area contributed by atoms with Crippen molar-refractivity contribution in [2.75, 3.05) is 19.6 Å². The van der Waals surface area contributed by atoms with E-state index in [0.29, 0.717) is 13.0 Å². The largest absolute Gasteiger partial charge is 0.471 e. The highest BCUT2D eigenvalue weighted by Gasteiger charge is 2.43. The molecule has 1 aromatic carbocycles. The van der Waals surface area contributed by atoms with Crippen LogP contribution in [0.25, 0.3) is 10.9 Å². The zero-order chi connectivity index (χ0) is 18.7. The number of para-hydroxylation sites is 1. The van der Waals surface area contributed by atoms with Crippen LogP contribution in [0, 0.1) is 5.92 Å². The van der Waals surface area contributed by atoms with Crippen molar-refractivity contribution in [2.24, 2.45) is 5.92 Å². The van der Waals surface area contributed by atoms with Crippen molar-refractivity contribution in [1.29, 1.82) is 0 Å². The summed E-state index contributed by atoms with van der Waals surface area (Å²) < 4.78 is 37.3. The minimum absolute atomic E-state index is 0.0428. The van der Waals surface area contributed by atoms with E-state index in [1.807, 2.05) is 30.5 Å². The van der Waals surface area contributed by atoms with Gasteiger partial charge in [0.15, 0.2) is 0 Å². The average Bonchev–Trinajstić information content (AvgIpc) is 3.04. The van der Waals surface area contributed by atoms with Crippen LogP contribution in [-0.2, 0) is 16.0 Å². The lowest BCUT2D eigenvalue weighted by atomic mass is 9.95. The van der Waals surface area contributed by atoms with Crippen LogP contribution in [0.2, 0.25) is 0 Å². The lowest BCUT2D eigenvalue weighted by molar-refractivity contribution is -0.186. The van der Waals surface area contributed by atoms with Gasteiger partial charge in [-0.2, -0.15) is 13.2 Å². The molecule has 1 aliphatic rings. The van der Waals surface area contributed by atoms with Gasteiger partial charge in [-0.05, 0) is 30.9 Å². The number of halogens is 3. The quantitative estimate of drug-likeness (QED) is 0.873. The molecule has 0 unspecified atom stereocenters. The molecule has 8 heteroatoms. The molecule has 5 nitrogen and oxygen atoms in total. The lowest BCUT2D eigenvalue weighted by Crippen LogP contribution is -2.47. The Morgan fingerprint density at radius 1 is 1.19 bits per heavy atom. The molecule has 2 aromatic rings. The maximum absolute atomic E-state index is 12.4. The Kier molecular flexibility index (Phi) is 5.20. The first-order chi connectivity index (χ1) is 12.4. The Bertz CT molecular complexity index is 792. The van der Waals surface area contributed by atoms with Gasteiger partial charge >= 0.3 is 12.1 Å². The molecular formula is C18H20F3N3O2. The number of rotatable bonds is 4. The number of benzene rings is 1. The Morgan fingerprint density at radius 2 is 1.88 bits per heavy atom. The third-order valence-electron chi connectivity index (χ3n) is 4.76. The number of alkyl halides is 3. The van der Waals surface area contributed by atoms with Gasteiger partial charge in [0, 0.05) is 42.7 Å². The van der Waals surface area contributed by atoms with Crippen LogP contribution in [0.3, 0.4) is 0 Å². The van der Waals surface area contributed by atoms with Crippen LogP contribution in [0.15, 0.2) is 30.5 Å². The SMILES string of the molecule is O=C(NCCc1c[nH]c2ccccc12)C1CCN(C(=O)C(F)(F)F)CC1. The van der Waals surface area contributed by atoms with Crippen molar-refractivity contribution in [1.82, 2.24) is 15.2 Å². The number of nitrogens with zero attached hydrogens (tertiary/aromatic N) is 1. The number of hydrogen-bond donors (Lipinski definition) is 2. The topological polar surface area (TPSA) is 65.2 Å². The van der Waals surface area contributed by atoms with E-state index in [1.165, 1.54) is 0 Å². The fourth-order valence-corrected chi connectivity index (χ4v) is 3.33. The highest BCUT2D eigenvalue weighted by molar-refractivity contribution is 5.84. The molecule has 1 aromatic heterocycles. The first-order valence-corrected chi connectivity index (χ1v) is 8.55. The number of carbonyl (C=O) groups is 2. The van der Waals surface area contributed by atoms with Crippen molar-refractivity contribution in [3.05, 3.63) is 36.0 Å². The lowest BCUT2D eigenvalue weighted by Gasteiger charge is -2.31. The van der Waals surface area contributed by atoms with Gasteiger partial charge in [-0.25, -0.2) is 0 Å². The molecular weight excluding hydrogens is 347 g/mol. The summed E-state index contributed by atoms with van der Waals surface area (Å²) in [5.41, 5.74) is 2.14. The number of carbonyl (C=O) groups excluding carboxylic acids is 2. The average molecular weight is 367 g/mol. The number of fused-ring (bicyclic) bond motifs is 1. The van der Waals surface area contributed by atoms with E-state index < -0.39 is 12.1 Å². The van der Waals surface area contributed by atoms with E-state index in [9.17, 15) is 22.8 Å². The smallest absolute Gasteiger partial charge is 0.361 e. The fourth-order valence-electron chi connectivity index (χ4n) is 3.33. The molecule has 1 saturated heterocycles. The first-order valence-electron chi connectivity index (χ1n) is 8.55. The van der Waals surface area contributed by atoms with E-state index in [0.717, 1.165) is 21.4 Å². The number of aromatic nitrogens is 1. The van der Waals surface area contributed by atoms with Crippen molar-refractivity contribution < 1.29 is 22.8 Å². The third kappa shape index (κ3) is 4.00. The van der Waals surface area contributed by atoms with Crippen LogP contribution >= 0.6 is 0 Å². The van der Waals surface area contributed by atoms with E-state index in [1.54, 1.807) is 0 Å². The minimum Gasteiger partial charge on any atom is -0.361 e. The van der Waals surface area contributed by atoms with Gasteiger partial charge in [-0.15, -0.1) is 0 Å². The summed E-state index contributed by atoms with van der Waals surface area (Å²) in [6, 6.07) is 7.89. The van der Waals surface area contributed by atoms with E-state index >= 15 is 0 Å². The van der Waals surface area contributed by atoms with Crippen LogP contribution in [0.4, 0.5) is 13.2 Å². The molecule has 0 spiro atoms. The first kappa shape index (κ1) is 18.3. The summed E-state index contributed by atoms with van der Waals surface area (Å²) in [5, 5.41) is 3.96. The molecule has 26 heavy (non-hydrogen) atoms. The van der Waals surface area contributed by atoms with Gasteiger partial charge in [0.1, 0.15) is 0 Å². The van der Waals surface area contributed by atoms with Crippen LogP contribution < -0.4 is 5.32 Å². The van der Waals surface area contributed by atoms with Crippen molar-refractivity contribution in [3.63, 3.8) is 0 Å². The van der Waals surface area contributed by atoms with Crippen LogP contribution in [-0.4, -0.2) is 47.5 Å². The van der Waals surface area contributed by atoms with Crippen molar-refractivity contribution in [2.45, 2.75) is 25.4 Å². The molecule has 2 N–H and O–H groups in total. The maximum atomic E-state index is 12.4. The van der Waals surface area contributed by atoms with E-state index in [2.05, 4.69) is 10.3 Å². The van der Waals surface area contributed by atoms with E-state index in [4.69, 9.17) is 0 Å². The molecule has 2 amide bonds. The predicted octanol–water partition coefficient (Wildman–Crippen LogP) is 2.63. The number of piperidine rings is 1. The maximum Gasteiger partial charge on any atom is 0.471 e. The Morgan fingerprint density at radius 3 is 2.58 bits per heavy atom. The molecule has 1 fully saturated rings. The molecule has 0 atom stereocenters. The Labute approximate surface area is 148 Å². The van der Waals surface area contributed by atoms with Crippen molar-refractivity contribution in [3.8, 4) is 0 Å². The highest BCUT2D eigenvalue weighted by atomic mass is 19.4. The minimum atomic E-state index is -4.85. The second-order valence-corrected chi connectivity index (χ2v) is 6.46. The molecule has 140 valence electrons. The number of H-pyrrole nitrogens is 1. The number of hydrogen-bond acceptors (Lipinski definition) is 2. The van der Waals surface area contributed by atoms with Gasteiger partial charge in [0.05, 0.1) is 0 Å². The summed E-state index contributed by atoms with van der Waals surface area (Å²) in [7, 11) is 0. The Hall–Kier alpha value is -2.51. The molecule has 3 rings (SSSR count). The second kappa shape index (κ2) is 7.39. The molecule has 0 saturated carbocycles. The van der Waals surface area contributed by atoms with Gasteiger partial charge in [-0.3, -0.25) is 9.59 Å². The van der Waals surface area contributed by atoms with Gasteiger partial charge in [0.2, 0.25) is 5.91 Å². The summed E-state index contributed by atoms with van der Waals surface area (Å²) in [6.07, 6.45) is -1.77.